The zero-order chi connectivity index (χ0) is 15.5. The second-order valence-electron chi connectivity index (χ2n) is 5.04. The molecule has 22 heavy (non-hydrogen) atoms. The van der Waals surface area contributed by atoms with Crippen molar-refractivity contribution in [1.29, 1.82) is 5.41 Å². The van der Waals surface area contributed by atoms with E-state index in [1.807, 2.05) is 48.7 Å². The molecule has 0 radical (unpaired) electrons. The summed E-state index contributed by atoms with van der Waals surface area (Å²) in [6, 6.07) is 16.8. The number of hydrogen-bond acceptors (Lipinski definition) is 2. The van der Waals surface area contributed by atoms with Gasteiger partial charge >= 0.3 is 0 Å². The molecule has 0 saturated carbocycles. The predicted molar refractivity (Wildman–Crippen MR) is 86.5 cm³/mol. The van der Waals surface area contributed by atoms with E-state index in [2.05, 4.69) is 4.98 Å². The average Bonchev–Trinajstić information content (AvgIpc) is 3.00. The van der Waals surface area contributed by atoms with Crippen LogP contribution >= 0.6 is 0 Å². The molecule has 0 aliphatic carbocycles. The summed E-state index contributed by atoms with van der Waals surface area (Å²) in [6.07, 6.45) is 1.83. The van der Waals surface area contributed by atoms with Crippen molar-refractivity contribution >= 4 is 22.8 Å². The van der Waals surface area contributed by atoms with Gasteiger partial charge in [0.25, 0.3) is 5.91 Å². The molecule has 5 heteroatoms. The van der Waals surface area contributed by atoms with Crippen LogP contribution in [0.25, 0.3) is 10.9 Å². The molecular formula is C17H16N4O. The monoisotopic (exact) mass is 292 g/mol. The van der Waals surface area contributed by atoms with Crippen LogP contribution in [0.5, 0.6) is 0 Å². The first-order valence-electron chi connectivity index (χ1n) is 6.92. The van der Waals surface area contributed by atoms with Crippen LogP contribution in [-0.4, -0.2) is 21.8 Å². The molecule has 3 rings (SSSR count). The first-order chi connectivity index (χ1) is 10.6. The molecule has 0 fully saturated rings. The third-order valence-electron chi connectivity index (χ3n) is 3.52. The summed E-state index contributed by atoms with van der Waals surface area (Å²) in [5.41, 5.74) is 8.00. The summed E-state index contributed by atoms with van der Waals surface area (Å²) in [5, 5.41) is 8.64. The van der Waals surface area contributed by atoms with Gasteiger partial charge in [0.15, 0.2) is 5.96 Å². The van der Waals surface area contributed by atoms with Crippen molar-refractivity contribution in [3.63, 3.8) is 0 Å². The number of nitrogens with one attached hydrogen (secondary N) is 2. The minimum absolute atomic E-state index is 0.261. The summed E-state index contributed by atoms with van der Waals surface area (Å²) >= 11 is 0. The molecule has 0 atom stereocenters. The molecule has 1 amide bonds. The Hall–Kier alpha value is -3.08. The van der Waals surface area contributed by atoms with Crippen LogP contribution in [-0.2, 0) is 6.54 Å². The van der Waals surface area contributed by atoms with Gasteiger partial charge in [0.1, 0.15) is 0 Å². The van der Waals surface area contributed by atoms with Crippen molar-refractivity contribution in [3.8, 4) is 0 Å². The highest BCUT2D eigenvalue weighted by molar-refractivity contribution is 6.06. The standard InChI is InChI=1S/C17H16N4O/c18-17(19)21(11-12-4-2-1-3-5-12)16(22)14-6-7-15-13(10-14)8-9-20-15/h1-10,20H,11H2,(H3,18,19). The van der Waals surface area contributed by atoms with Crippen LogP contribution < -0.4 is 5.73 Å². The number of amides is 1. The number of aromatic amines is 1. The molecule has 3 aromatic rings. The lowest BCUT2D eigenvalue weighted by Crippen LogP contribution is -2.40. The number of hydrogen-bond donors (Lipinski definition) is 3. The number of aromatic nitrogens is 1. The Morgan fingerprint density at radius 3 is 2.64 bits per heavy atom. The lowest BCUT2D eigenvalue weighted by molar-refractivity contribution is 0.0837. The Labute approximate surface area is 127 Å². The van der Waals surface area contributed by atoms with Crippen molar-refractivity contribution < 1.29 is 4.79 Å². The highest BCUT2D eigenvalue weighted by Crippen LogP contribution is 2.16. The van der Waals surface area contributed by atoms with Gasteiger partial charge in [-0.15, -0.1) is 0 Å². The predicted octanol–water partition coefficient (Wildman–Crippen LogP) is 2.70. The minimum Gasteiger partial charge on any atom is -0.370 e. The SMILES string of the molecule is N=C(N)N(Cc1ccccc1)C(=O)c1ccc2[nH]ccc2c1. The van der Waals surface area contributed by atoms with E-state index >= 15 is 0 Å². The van der Waals surface area contributed by atoms with E-state index in [0.29, 0.717) is 5.56 Å². The smallest absolute Gasteiger partial charge is 0.260 e. The zero-order valence-electron chi connectivity index (χ0n) is 11.9. The van der Waals surface area contributed by atoms with Crippen LogP contribution in [0.1, 0.15) is 15.9 Å². The van der Waals surface area contributed by atoms with Crippen molar-refractivity contribution in [3.05, 3.63) is 71.9 Å². The molecule has 5 nitrogen and oxygen atoms in total. The van der Waals surface area contributed by atoms with Gasteiger partial charge in [-0.2, -0.15) is 0 Å². The van der Waals surface area contributed by atoms with Crippen molar-refractivity contribution in [2.24, 2.45) is 5.73 Å². The molecule has 0 unspecified atom stereocenters. The van der Waals surface area contributed by atoms with Gasteiger partial charge in [0.05, 0.1) is 6.54 Å². The molecule has 1 aromatic heterocycles. The molecule has 0 spiro atoms. The average molecular weight is 292 g/mol. The van der Waals surface area contributed by atoms with Crippen molar-refractivity contribution in [1.82, 2.24) is 9.88 Å². The van der Waals surface area contributed by atoms with E-state index in [9.17, 15) is 4.79 Å². The first-order valence-corrected chi connectivity index (χ1v) is 6.92. The highest BCUT2D eigenvalue weighted by atomic mass is 16.2. The lowest BCUT2D eigenvalue weighted by atomic mass is 10.1. The van der Waals surface area contributed by atoms with Gasteiger partial charge in [0.2, 0.25) is 0 Å². The number of nitrogens with two attached hydrogens (primary N) is 1. The number of guanidine groups is 1. The Balaban J connectivity index is 1.90. The molecule has 110 valence electrons. The minimum atomic E-state index is -0.278. The number of benzene rings is 2. The van der Waals surface area contributed by atoms with E-state index in [-0.39, 0.29) is 18.4 Å². The second-order valence-corrected chi connectivity index (χ2v) is 5.04. The fourth-order valence-corrected chi connectivity index (χ4v) is 2.37. The summed E-state index contributed by atoms with van der Waals surface area (Å²) in [4.78, 5) is 17.0. The number of fused-ring (bicyclic) bond motifs is 1. The maximum absolute atomic E-state index is 12.7. The third kappa shape index (κ3) is 2.69. The molecule has 0 saturated heterocycles. The van der Waals surface area contributed by atoms with Crippen LogP contribution in [0.15, 0.2) is 60.8 Å². The lowest BCUT2D eigenvalue weighted by Gasteiger charge is -2.21. The van der Waals surface area contributed by atoms with Crippen LogP contribution in [0.4, 0.5) is 0 Å². The summed E-state index contributed by atoms with van der Waals surface area (Å²) < 4.78 is 0. The van der Waals surface area contributed by atoms with E-state index in [4.69, 9.17) is 11.1 Å². The number of carbonyl (C=O) groups is 1. The number of carbonyl (C=O) groups excluding carboxylic acids is 1. The van der Waals surface area contributed by atoms with Gasteiger partial charge in [-0.05, 0) is 29.8 Å². The van der Waals surface area contributed by atoms with Crippen LogP contribution in [0.3, 0.4) is 0 Å². The maximum Gasteiger partial charge on any atom is 0.260 e. The van der Waals surface area contributed by atoms with Crippen LogP contribution in [0, 0.1) is 5.41 Å². The van der Waals surface area contributed by atoms with E-state index in [0.717, 1.165) is 16.5 Å². The van der Waals surface area contributed by atoms with Crippen LogP contribution in [0.2, 0.25) is 0 Å². The number of nitrogens with zero attached hydrogens (tertiary/aromatic N) is 1. The molecule has 0 aliphatic heterocycles. The second kappa shape index (κ2) is 5.73. The van der Waals surface area contributed by atoms with Gasteiger partial charge < -0.3 is 10.7 Å². The third-order valence-corrected chi connectivity index (χ3v) is 3.52. The quantitative estimate of drug-likeness (QED) is 0.512. The first kappa shape index (κ1) is 13.9. The molecule has 0 bridgehead atoms. The van der Waals surface area contributed by atoms with E-state index in [1.54, 1.807) is 12.1 Å². The van der Waals surface area contributed by atoms with Gasteiger partial charge in [-0.25, -0.2) is 0 Å². The van der Waals surface area contributed by atoms with Crippen molar-refractivity contribution in [2.45, 2.75) is 6.54 Å². The Morgan fingerprint density at radius 1 is 1.14 bits per heavy atom. The topological polar surface area (TPSA) is 86.0 Å². The Kier molecular flexibility index (Phi) is 3.62. The zero-order valence-corrected chi connectivity index (χ0v) is 11.9. The molecule has 2 aromatic carbocycles. The molecule has 1 heterocycles. The summed E-state index contributed by atoms with van der Waals surface area (Å²) in [7, 11) is 0. The Morgan fingerprint density at radius 2 is 1.91 bits per heavy atom. The normalized spacial score (nSPS) is 10.5. The summed E-state index contributed by atoms with van der Waals surface area (Å²) in [5.74, 6) is -0.539. The summed E-state index contributed by atoms with van der Waals surface area (Å²) in [6.45, 7) is 0.278. The molecular weight excluding hydrogens is 276 g/mol. The van der Waals surface area contributed by atoms with Gasteiger partial charge in [-0.3, -0.25) is 15.1 Å². The fraction of sp³-hybridized carbons (Fsp3) is 0.0588. The molecule has 4 N–H and O–H groups in total. The number of rotatable bonds is 3. The van der Waals surface area contributed by atoms with Crippen molar-refractivity contribution in [2.75, 3.05) is 0 Å². The maximum atomic E-state index is 12.7. The highest BCUT2D eigenvalue weighted by Gasteiger charge is 2.19. The van der Waals surface area contributed by atoms with Gasteiger partial charge in [-0.1, -0.05) is 30.3 Å². The van der Waals surface area contributed by atoms with Gasteiger partial charge in [0, 0.05) is 22.7 Å². The molecule has 0 aliphatic rings. The fourth-order valence-electron chi connectivity index (χ4n) is 2.37. The van der Waals surface area contributed by atoms with E-state index in [1.165, 1.54) is 4.90 Å². The van der Waals surface area contributed by atoms with E-state index < -0.39 is 0 Å². The number of H-pyrrole nitrogens is 1. The Bertz CT molecular complexity index is 823. The largest absolute Gasteiger partial charge is 0.370 e.